The first-order valence-electron chi connectivity index (χ1n) is 9.96. The van der Waals surface area contributed by atoms with Crippen molar-refractivity contribution in [2.45, 2.75) is 25.9 Å². The second-order valence-electron chi connectivity index (χ2n) is 7.82. The fourth-order valence-corrected chi connectivity index (χ4v) is 3.89. The van der Waals surface area contributed by atoms with Crippen molar-refractivity contribution in [3.8, 4) is 11.5 Å². The second kappa shape index (κ2) is 9.22. The average Bonchev–Trinajstić information content (AvgIpc) is 3.18. The average molecular weight is 407 g/mol. The third-order valence-electron chi connectivity index (χ3n) is 5.77. The number of piperazine rings is 2. The highest BCUT2D eigenvalue weighted by Gasteiger charge is 2.25. The number of nitrogens with zero attached hydrogens (tertiary/aromatic N) is 5. The van der Waals surface area contributed by atoms with Crippen molar-refractivity contribution in [1.29, 1.82) is 0 Å². The normalized spacial score (nSPS) is 21.7. The maximum absolute atomic E-state index is 5.54. The monoisotopic (exact) mass is 406 g/mol. The van der Waals surface area contributed by atoms with Gasteiger partial charge in [-0.05, 0) is 45.2 Å². The van der Waals surface area contributed by atoms with Crippen molar-refractivity contribution in [2.75, 3.05) is 57.8 Å². The SMILES string of the molecule is CC(C)N1CCN(c2ccc(-c3nc(C4CNCCN4C)no3)cc2)CC1.Cl. The summed E-state index contributed by atoms with van der Waals surface area (Å²) in [5.74, 6) is 1.36. The molecule has 1 atom stereocenters. The predicted molar refractivity (Wildman–Crippen MR) is 114 cm³/mol. The van der Waals surface area contributed by atoms with Crippen LogP contribution in [0.1, 0.15) is 25.7 Å². The highest BCUT2D eigenvalue weighted by molar-refractivity contribution is 5.85. The van der Waals surface area contributed by atoms with Gasteiger partial charge in [0.2, 0.25) is 0 Å². The molecule has 2 fully saturated rings. The van der Waals surface area contributed by atoms with E-state index in [1.165, 1.54) is 5.69 Å². The van der Waals surface area contributed by atoms with Crippen LogP contribution >= 0.6 is 12.4 Å². The predicted octanol–water partition coefficient (Wildman–Crippen LogP) is 2.26. The summed E-state index contributed by atoms with van der Waals surface area (Å²) >= 11 is 0. The largest absolute Gasteiger partial charge is 0.369 e. The van der Waals surface area contributed by atoms with E-state index >= 15 is 0 Å². The van der Waals surface area contributed by atoms with E-state index in [4.69, 9.17) is 4.52 Å². The highest BCUT2D eigenvalue weighted by Crippen LogP contribution is 2.25. The Morgan fingerprint density at radius 3 is 2.43 bits per heavy atom. The molecule has 0 saturated carbocycles. The van der Waals surface area contributed by atoms with E-state index in [9.17, 15) is 0 Å². The highest BCUT2D eigenvalue weighted by atomic mass is 35.5. The number of benzene rings is 1. The number of hydrogen-bond donors (Lipinski definition) is 1. The quantitative estimate of drug-likeness (QED) is 0.835. The fourth-order valence-electron chi connectivity index (χ4n) is 3.89. The minimum atomic E-state index is 0. The minimum absolute atomic E-state index is 0. The van der Waals surface area contributed by atoms with Gasteiger partial charge in [0.25, 0.3) is 5.89 Å². The summed E-state index contributed by atoms with van der Waals surface area (Å²) in [4.78, 5) is 11.9. The number of hydrogen-bond acceptors (Lipinski definition) is 7. The molecule has 1 unspecified atom stereocenters. The van der Waals surface area contributed by atoms with Crippen LogP contribution in [-0.2, 0) is 0 Å². The number of aromatic nitrogens is 2. The standard InChI is InChI=1S/C20H30N6O.ClH/c1-15(2)25-10-12-26(13-11-25)17-6-4-16(5-7-17)20-22-19(23-27-20)18-14-21-8-9-24(18)3;/h4-7,15,18,21H,8-14H2,1-3H3;1H. The molecule has 154 valence electrons. The molecule has 2 aliphatic rings. The van der Waals surface area contributed by atoms with Gasteiger partial charge in [-0.3, -0.25) is 9.80 Å². The molecule has 1 aromatic heterocycles. The third-order valence-corrected chi connectivity index (χ3v) is 5.77. The number of rotatable bonds is 4. The van der Waals surface area contributed by atoms with Crippen molar-refractivity contribution in [3.63, 3.8) is 0 Å². The molecule has 2 saturated heterocycles. The van der Waals surface area contributed by atoms with Gasteiger partial charge in [-0.1, -0.05) is 5.16 Å². The molecule has 0 amide bonds. The molecule has 0 spiro atoms. The summed E-state index contributed by atoms with van der Waals surface area (Å²) in [6, 6.07) is 9.30. The summed E-state index contributed by atoms with van der Waals surface area (Å²) in [7, 11) is 2.11. The molecule has 2 aromatic rings. The van der Waals surface area contributed by atoms with Crippen LogP contribution < -0.4 is 10.2 Å². The molecule has 7 nitrogen and oxygen atoms in total. The molecule has 0 bridgehead atoms. The Bertz CT molecular complexity index is 741. The van der Waals surface area contributed by atoms with E-state index < -0.39 is 0 Å². The Balaban J connectivity index is 0.00000225. The Hall–Kier alpha value is -1.67. The molecule has 4 rings (SSSR count). The van der Waals surface area contributed by atoms with Gasteiger partial charge in [0.15, 0.2) is 5.82 Å². The molecule has 0 aliphatic carbocycles. The lowest BCUT2D eigenvalue weighted by Crippen LogP contribution is -2.48. The molecule has 8 heteroatoms. The van der Waals surface area contributed by atoms with E-state index in [0.717, 1.165) is 57.2 Å². The lowest BCUT2D eigenvalue weighted by atomic mass is 10.1. The van der Waals surface area contributed by atoms with E-state index in [2.05, 4.69) is 75.3 Å². The first kappa shape index (κ1) is 21.0. The molecule has 0 radical (unpaired) electrons. The lowest BCUT2D eigenvalue weighted by Gasteiger charge is -2.38. The van der Waals surface area contributed by atoms with Crippen molar-refractivity contribution in [1.82, 2.24) is 25.3 Å². The Morgan fingerprint density at radius 1 is 1.07 bits per heavy atom. The lowest BCUT2D eigenvalue weighted by molar-refractivity contribution is 0.190. The molecule has 2 aliphatic heterocycles. The van der Waals surface area contributed by atoms with Crippen LogP contribution in [0.15, 0.2) is 28.8 Å². The van der Waals surface area contributed by atoms with Crippen molar-refractivity contribution >= 4 is 18.1 Å². The van der Waals surface area contributed by atoms with Crippen LogP contribution in [0, 0.1) is 0 Å². The molecular weight excluding hydrogens is 376 g/mol. The topological polar surface area (TPSA) is 60.7 Å². The Morgan fingerprint density at radius 2 is 1.79 bits per heavy atom. The summed E-state index contributed by atoms with van der Waals surface area (Å²) in [6.07, 6.45) is 0. The number of likely N-dealkylation sites (N-methyl/N-ethyl adjacent to an activating group) is 1. The fraction of sp³-hybridized carbons (Fsp3) is 0.600. The van der Waals surface area contributed by atoms with Gasteiger partial charge in [-0.15, -0.1) is 12.4 Å². The van der Waals surface area contributed by atoms with Gasteiger partial charge in [0, 0.05) is 63.1 Å². The van der Waals surface area contributed by atoms with Crippen LogP contribution in [0.5, 0.6) is 0 Å². The maximum Gasteiger partial charge on any atom is 0.257 e. The van der Waals surface area contributed by atoms with E-state index in [1.807, 2.05) is 0 Å². The Kier molecular flexibility index (Phi) is 6.93. The maximum atomic E-state index is 5.54. The van der Waals surface area contributed by atoms with Crippen LogP contribution in [0.2, 0.25) is 0 Å². The number of halogens is 1. The smallest absolute Gasteiger partial charge is 0.257 e. The van der Waals surface area contributed by atoms with Gasteiger partial charge in [-0.2, -0.15) is 4.98 Å². The van der Waals surface area contributed by atoms with Crippen LogP contribution in [0.3, 0.4) is 0 Å². The van der Waals surface area contributed by atoms with Crippen molar-refractivity contribution in [3.05, 3.63) is 30.1 Å². The van der Waals surface area contributed by atoms with Gasteiger partial charge >= 0.3 is 0 Å². The number of anilines is 1. The van der Waals surface area contributed by atoms with Crippen LogP contribution in [0.4, 0.5) is 5.69 Å². The zero-order valence-corrected chi connectivity index (χ0v) is 17.8. The molecule has 1 aromatic carbocycles. The zero-order valence-electron chi connectivity index (χ0n) is 17.0. The molecule has 1 N–H and O–H groups in total. The van der Waals surface area contributed by atoms with Crippen LogP contribution in [-0.4, -0.2) is 78.8 Å². The number of nitrogens with one attached hydrogen (secondary N) is 1. The zero-order chi connectivity index (χ0) is 18.8. The minimum Gasteiger partial charge on any atom is -0.369 e. The Labute approximate surface area is 173 Å². The second-order valence-corrected chi connectivity index (χ2v) is 7.82. The van der Waals surface area contributed by atoms with Gasteiger partial charge in [0.1, 0.15) is 0 Å². The van der Waals surface area contributed by atoms with Gasteiger partial charge in [0.05, 0.1) is 6.04 Å². The first-order valence-corrected chi connectivity index (χ1v) is 9.96. The van der Waals surface area contributed by atoms with Crippen molar-refractivity contribution in [2.24, 2.45) is 0 Å². The van der Waals surface area contributed by atoms with E-state index in [1.54, 1.807) is 0 Å². The van der Waals surface area contributed by atoms with Gasteiger partial charge in [-0.25, -0.2) is 0 Å². The molecular formula is C20H31ClN6O. The first-order chi connectivity index (χ1) is 13.1. The van der Waals surface area contributed by atoms with E-state index in [-0.39, 0.29) is 18.4 Å². The summed E-state index contributed by atoms with van der Waals surface area (Å²) < 4.78 is 5.54. The summed E-state index contributed by atoms with van der Waals surface area (Å²) in [6.45, 7) is 11.8. The summed E-state index contributed by atoms with van der Waals surface area (Å²) in [5.41, 5.74) is 2.24. The van der Waals surface area contributed by atoms with E-state index in [0.29, 0.717) is 11.9 Å². The third kappa shape index (κ3) is 4.49. The van der Waals surface area contributed by atoms with Crippen LogP contribution in [0.25, 0.3) is 11.5 Å². The van der Waals surface area contributed by atoms with Gasteiger partial charge < -0.3 is 14.7 Å². The van der Waals surface area contributed by atoms with Crippen molar-refractivity contribution < 1.29 is 4.52 Å². The molecule has 3 heterocycles. The molecule has 28 heavy (non-hydrogen) atoms. The summed E-state index contributed by atoms with van der Waals surface area (Å²) in [5, 5.41) is 7.61.